The zero-order valence-electron chi connectivity index (χ0n) is 10.4. The molecule has 0 radical (unpaired) electrons. The van der Waals surface area contributed by atoms with Crippen molar-refractivity contribution in [2.75, 3.05) is 0 Å². The minimum atomic E-state index is -0.439. The Kier molecular flexibility index (Phi) is 2.56. The number of Topliss-reactive ketones (excluding diaryl/α,β-unsaturated/α-hetero) is 1. The lowest BCUT2D eigenvalue weighted by atomic mass is 9.75. The maximum atomic E-state index is 12.1. The molecule has 1 aromatic rings. The first kappa shape index (κ1) is 11.8. The van der Waals surface area contributed by atoms with Crippen molar-refractivity contribution >= 4 is 11.7 Å². The summed E-state index contributed by atoms with van der Waals surface area (Å²) in [6.07, 6.45) is 1.28. The van der Waals surface area contributed by atoms with Crippen LogP contribution in [0.15, 0.2) is 0 Å². The Bertz CT molecular complexity index is 500. The fraction of sp³-hybridized carbons (Fsp3) is 0.583. The predicted octanol–water partition coefficient (Wildman–Crippen LogP) is 0.832. The van der Waals surface area contributed by atoms with E-state index in [-0.39, 0.29) is 17.7 Å². The quantitative estimate of drug-likeness (QED) is 0.824. The highest BCUT2D eigenvalue weighted by Gasteiger charge is 2.35. The average molecular weight is 235 g/mol. The molecule has 0 spiro atoms. The molecule has 0 aromatic carbocycles. The van der Waals surface area contributed by atoms with Gasteiger partial charge in [-0.1, -0.05) is 13.8 Å². The maximum absolute atomic E-state index is 12.1. The normalized spacial score (nSPS) is 17.9. The monoisotopic (exact) mass is 235 g/mol. The highest BCUT2D eigenvalue weighted by molar-refractivity contribution is 5.99. The molecule has 0 bridgehead atoms. The van der Waals surface area contributed by atoms with Crippen molar-refractivity contribution in [3.8, 4) is 0 Å². The van der Waals surface area contributed by atoms with Gasteiger partial charge in [-0.25, -0.2) is 0 Å². The highest BCUT2D eigenvalue weighted by Crippen LogP contribution is 2.35. The smallest absolute Gasteiger partial charge is 0.239 e. The van der Waals surface area contributed by atoms with Crippen LogP contribution in [0.5, 0.6) is 0 Å². The molecule has 0 fully saturated rings. The van der Waals surface area contributed by atoms with Crippen molar-refractivity contribution in [3.63, 3.8) is 0 Å². The van der Waals surface area contributed by atoms with Crippen LogP contribution in [0.25, 0.3) is 0 Å². The summed E-state index contributed by atoms with van der Waals surface area (Å²) in [5, 5.41) is 4.24. The Labute approximate surface area is 100.0 Å². The largest absolute Gasteiger partial charge is 0.368 e. The number of ketones is 1. The second-order valence-electron chi connectivity index (χ2n) is 5.47. The van der Waals surface area contributed by atoms with E-state index in [1.165, 1.54) is 0 Å². The molecule has 5 nitrogen and oxygen atoms in total. The number of aromatic nitrogens is 2. The summed E-state index contributed by atoms with van der Waals surface area (Å²) in [6, 6.07) is 0. The van der Waals surface area contributed by atoms with E-state index in [0.717, 1.165) is 12.1 Å². The number of hydrogen-bond donors (Lipinski definition) is 1. The van der Waals surface area contributed by atoms with Crippen molar-refractivity contribution in [2.45, 2.75) is 40.2 Å². The number of aryl methyl sites for hydroxylation is 1. The molecule has 0 saturated heterocycles. The number of rotatable bonds is 2. The molecule has 92 valence electrons. The summed E-state index contributed by atoms with van der Waals surface area (Å²) in [7, 11) is 0. The van der Waals surface area contributed by atoms with Gasteiger partial charge in [0.25, 0.3) is 0 Å². The van der Waals surface area contributed by atoms with Crippen LogP contribution in [0.3, 0.4) is 0 Å². The summed E-state index contributed by atoms with van der Waals surface area (Å²) in [4.78, 5) is 23.0. The lowest BCUT2D eigenvalue weighted by molar-refractivity contribution is -0.118. The van der Waals surface area contributed by atoms with E-state index in [0.29, 0.717) is 17.7 Å². The average Bonchev–Trinajstić information content (AvgIpc) is 2.39. The zero-order chi connectivity index (χ0) is 12.8. The Balaban J connectivity index is 2.50. The maximum Gasteiger partial charge on any atom is 0.239 e. The molecule has 1 amide bonds. The van der Waals surface area contributed by atoms with Crippen molar-refractivity contribution in [2.24, 2.45) is 11.1 Å². The summed E-state index contributed by atoms with van der Waals surface area (Å²) in [6.45, 7) is 5.93. The molecule has 5 heteroatoms. The molecule has 0 saturated carbocycles. The molecule has 1 heterocycles. The fourth-order valence-corrected chi connectivity index (χ4v) is 2.49. The van der Waals surface area contributed by atoms with E-state index in [2.05, 4.69) is 5.10 Å². The van der Waals surface area contributed by atoms with Gasteiger partial charge >= 0.3 is 0 Å². The first-order valence-corrected chi connectivity index (χ1v) is 5.68. The topological polar surface area (TPSA) is 78.0 Å². The van der Waals surface area contributed by atoms with Crippen LogP contribution in [0.4, 0.5) is 0 Å². The van der Waals surface area contributed by atoms with Gasteiger partial charge < -0.3 is 5.73 Å². The number of nitrogens with two attached hydrogens (primary N) is 1. The predicted molar refractivity (Wildman–Crippen MR) is 62.6 cm³/mol. The van der Waals surface area contributed by atoms with E-state index < -0.39 is 5.91 Å². The Morgan fingerprint density at radius 1 is 1.47 bits per heavy atom. The van der Waals surface area contributed by atoms with Crippen LogP contribution >= 0.6 is 0 Å². The molecule has 17 heavy (non-hydrogen) atoms. The van der Waals surface area contributed by atoms with Crippen molar-refractivity contribution < 1.29 is 9.59 Å². The lowest BCUT2D eigenvalue weighted by Crippen LogP contribution is -2.30. The second-order valence-corrected chi connectivity index (χ2v) is 5.47. The third-order valence-electron chi connectivity index (χ3n) is 3.10. The molecule has 1 aromatic heterocycles. The Morgan fingerprint density at radius 3 is 2.71 bits per heavy atom. The van der Waals surface area contributed by atoms with Gasteiger partial charge in [0.05, 0.1) is 17.0 Å². The number of carbonyl (C=O) groups is 2. The molecular formula is C12H17N3O2. The second kappa shape index (κ2) is 3.68. The van der Waals surface area contributed by atoms with Gasteiger partial charge in [-0.15, -0.1) is 0 Å². The SMILES string of the molecule is Cc1nn(CC(N)=O)c2c1C(=O)CC(C)(C)C2. The molecule has 1 aliphatic carbocycles. The summed E-state index contributed by atoms with van der Waals surface area (Å²) in [5.41, 5.74) is 7.34. The molecular weight excluding hydrogens is 218 g/mol. The number of carbonyl (C=O) groups excluding carboxylic acids is 2. The van der Waals surface area contributed by atoms with Crippen LogP contribution in [0.1, 0.15) is 42.0 Å². The number of nitrogens with zero attached hydrogens (tertiary/aromatic N) is 2. The minimum absolute atomic E-state index is 0.0412. The van der Waals surface area contributed by atoms with Crippen LogP contribution in [-0.4, -0.2) is 21.5 Å². The van der Waals surface area contributed by atoms with Crippen LogP contribution in [0, 0.1) is 12.3 Å². The number of fused-ring (bicyclic) bond motifs is 1. The van der Waals surface area contributed by atoms with E-state index >= 15 is 0 Å². The molecule has 0 atom stereocenters. The fourth-order valence-electron chi connectivity index (χ4n) is 2.49. The van der Waals surface area contributed by atoms with Gasteiger partial charge in [0.15, 0.2) is 5.78 Å². The van der Waals surface area contributed by atoms with Crippen LogP contribution < -0.4 is 5.73 Å². The van der Waals surface area contributed by atoms with E-state index in [1.807, 2.05) is 13.8 Å². The molecule has 2 rings (SSSR count). The van der Waals surface area contributed by atoms with Gasteiger partial charge in [0, 0.05) is 6.42 Å². The summed E-state index contributed by atoms with van der Waals surface area (Å²) >= 11 is 0. The lowest BCUT2D eigenvalue weighted by Gasteiger charge is -2.29. The van der Waals surface area contributed by atoms with Gasteiger partial charge in [0.2, 0.25) is 5.91 Å². The van der Waals surface area contributed by atoms with E-state index in [1.54, 1.807) is 11.6 Å². The highest BCUT2D eigenvalue weighted by atomic mass is 16.1. The van der Waals surface area contributed by atoms with Crippen molar-refractivity contribution in [3.05, 3.63) is 17.0 Å². The molecule has 0 aliphatic heterocycles. The van der Waals surface area contributed by atoms with Crippen LogP contribution in [-0.2, 0) is 17.8 Å². The standard InChI is InChI=1S/C12H17N3O2/c1-7-11-8(15(14-7)6-10(13)17)4-12(2,3)5-9(11)16/h4-6H2,1-3H3,(H2,13,17). The van der Waals surface area contributed by atoms with Crippen LogP contribution in [0.2, 0.25) is 0 Å². The molecule has 1 aliphatic rings. The third kappa shape index (κ3) is 2.09. The zero-order valence-corrected chi connectivity index (χ0v) is 10.4. The third-order valence-corrected chi connectivity index (χ3v) is 3.10. The van der Waals surface area contributed by atoms with Gasteiger partial charge in [-0.3, -0.25) is 14.3 Å². The number of hydrogen-bond acceptors (Lipinski definition) is 3. The van der Waals surface area contributed by atoms with E-state index in [4.69, 9.17) is 5.73 Å². The first-order valence-electron chi connectivity index (χ1n) is 5.68. The summed E-state index contributed by atoms with van der Waals surface area (Å²) < 4.78 is 1.58. The van der Waals surface area contributed by atoms with Gasteiger partial charge in [0.1, 0.15) is 6.54 Å². The van der Waals surface area contributed by atoms with Crippen molar-refractivity contribution in [1.82, 2.24) is 9.78 Å². The van der Waals surface area contributed by atoms with Crippen molar-refractivity contribution in [1.29, 1.82) is 0 Å². The van der Waals surface area contributed by atoms with Gasteiger partial charge in [-0.2, -0.15) is 5.10 Å². The molecule has 0 unspecified atom stereocenters. The molecule has 2 N–H and O–H groups in total. The van der Waals surface area contributed by atoms with Gasteiger partial charge in [-0.05, 0) is 18.8 Å². The van der Waals surface area contributed by atoms with E-state index in [9.17, 15) is 9.59 Å². The Hall–Kier alpha value is -1.65. The first-order chi connectivity index (χ1) is 7.80. The number of primary amides is 1. The summed E-state index contributed by atoms with van der Waals surface area (Å²) in [5.74, 6) is -0.324. The Morgan fingerprint density at radius 2 is 2.12 bits per heavy atom. The number of amides is 1. The minimum Gasteiger partial charge on any atom is -0.368 e.